The summed E-state index contributed by atoms with van der Waals surface area (Å²) in [4.78, 5) is 4.36. The Hall–Kier alpha value is -1.63. The molecular formula is C19H22N2O2S2. The van der Waals surface area contributed by atoms with Gasteiger partial charge in [0.15, 0.2) is 0 Å². The van der Waals surface area contributed by atoms with Crippen LogP contribution in [0.4, 0.5) is 0 Å². The summed E-state index contributed by atoms with van der Waals surface area (Å²) < 4.78 is 27.6. The van der Waals surface area contributed by atoms with Crippen molar-refractivity contribution in [3.63, 3.8) is 0 Å². The van der Waals surface area contributed by atoms with Crippen molar-refractivity contribution >= 4 is 32.3 Å². The minimum Gasteiger partial charge on any atom is -0.361 e. The lowest BCUT2D eigenvalue weighted by molar-refractivity contribution is 0.273. The maximum atomic E-state index is 12.7. The van der Waals surface area contributed by atoms with Crippen molar-refractivity contribution in [1.82, 2.24) is 9.29 Å². The number of nitrogens with one attached hydrogen (secondary N) is 1. The lowest BCUT2D eigenvalue weighted by Gasteiger charge is -2.30. The van der Waals surface area contributed by atoms with Crippen LogP contribution in [0.2, 0.25) is 0 Å². The van der Waals surface area contributed by atoms with Gasteiger partial charge in [0.05, 0.1) is 0 Å². The van der Waals surface area contributed by atoms with Gasteiger partial charge in [0.25, 0.3) is 10.0 Å². The molecule has 0 aliphatic carbocycles. The maximum absolute atomic E-state index is 12.7. The summed E-state index contributed by atoms with van der Waals surface area (Å²) in [6.45, 7) is 3.18. The predicted octanol–water partition coefficient (Wildman–Crippen LogP) is 4.18. The molecule has 0 radical (unpaired) electrons. The van der Waals surface area contributed by atoms with Crippen LogP contribution in [-0.4, -0.2) is 30.8 Å². The van der Waals surface area contributed by atoms with Gasteiger partial charge in [-0.2, -0.15) is 4.31 Å². The van der Waals surface area contributed by atoms with Gasteiger partial charge >= 0.3 is 0 Å². The summed E-state index contributed by atoms with van der Waals surface area (Å²) in [6, 6.07) is 12.0. The Morgan fingerprint density at radius 1 is 1.16 bits per heavy atom. The number of fused-ring (bicyclic) bond motifs is 1. The summed E-state index contributed by atoms with van der Waals surface area (Å²) in [5.41, 5.74) is 2.51. The molecular weight excluding hydrogens is 352 g/mol. The van der Waals surface area contributed by atoms with Gasteiger partial charge in [0, 0.05) is 35.1 Å². The van der Waals surface area contributed by atoms with Crippen LogP contribution in [0.3, 0.4) is 0 Å². The number of rotatable bonds is 4. The van der Waals surface area contributed by atoms with Crippen LogP contribution in [0.15, 0.2) is 46.8 Å². The van der Waals surface area contributed by atoms with Gasteiger partial charge < -0.3 is 4.98 Å². The quantitative estimate of drug-likeness (QED) is 0.745. The van der Waals surface area contributed by atoms with Crippen LogP contribution in [-0.2, 0) is 16.4 Å². The molecule has 0 amide bonds. The molecule has 1 aliphatic rings. The van der Waals surface area contributed by atoms with E-state index < -0.39 is 10.0 Å². The number of H-pyrrole nitrogens is 1. The lowest BCUT2D eigenvalue weighted by atomic mass is 9.91. The van der Waals surface area contributed by atoms with E-state index in [2.05, 4.69) is 29.4 Å². The molecule has 6 heteroatoms. The van der Waals surface area contributed by atoms with Gasteiger partial charge in [-0.15, -0.1) is 11.3 Å². The summed E-state index contributed by atoms with van der Waals surface area (Å²) in [7, 11) is -3.32. The third-order valence-corrected chi connectivity index (χ3v) is 8.43. The second kappa shape index (κ2) is 6.59. The van der Waals surface area contributed by atoms with Crippen molar-refractivity contribution in [3.8, 4) is 0 Å². The number of benzene rings is 1. The summed E-state index contributed by atoms with van der Waals surface area (Å²) in [5.74, 6) is 0.538. The van der Waals surface area contributed by atoms with Crippen LogP contribution < -0.4 is 0 Å². The summed E-state index contributed by atoms with van der Waals surface area (Å²) in [5, 5.41) is 1.28. The molecule has 4 rings (SSSR count). The van der Waals surface area contributed by atoms with Gasteiger partial charge in [-0.05, 0) is 55.9 Å². The molecule has 1 aliphatic heterocycles. The standard InChI is InChI=1S/C19H22N2O2S2/c1-14-6-7-19(24-14)25(22,23)21-10-8-15(9-11-21)12-16-13-20-18-5-3-2-4-17(16)18/h2-7,13,15,20H,8-12H2,1H3. The number of hydrogen-bond donors (Lipinski definition) is 1. The van der Waals surface area contributed by atoms with Crippen LogP contribution in [0.5, 0.6) is 0 Å². The topological polar surface area (TPSA) is 53.2 Å². The third kappa shape index (κ3) is 3.26. The highest BCUT2D eigenvalue weighted by atomic mass is 32.2. The molecule has 0 saturated carbocycles. The van der Waals surface area contributed by atoms with Crippen molar-refractivity contribution in [2.24, 2.45) is 5.92 Å². The maximum Gasteiger partial charge on any atom is 0.252 e. The van der Waals surface area contributed by atoms with E-state index in [0.717, 1.165) is 24.1 Å². The van der Waals surface area contributed by atoms with Gasteiger partial charge in [0.1, 0.15) is 4.21 Å². The number of nitrogens with zero attached hydrogens (tertiary/aromatic N) is 1. The Kier molecular flexibility index (Phi) is 4.43. The number of thiophene rings is 1. The molecule has 0 bridgehead atoms. The Morgan fingerprint density at radius 3 is 2.64 bits per heavy atom. The predicted molar refractivity (Wildman–Crippen MR) is 103 cm³/mol. The van der Waals surface area contributed by atoms with Crippen LogP contribution in [0.25, 0.3) is 10.9 Å². The largest absolute Gasteiger partial charge is 0.361 e. The molecule has 0 atom stereocenters. The van der Waals surface area contributed by atoms with E-state index in [-0.39, 0.29) is 0 Å². The molecule has 0 unspecified atom stereocenters. The summed E-state index contributed by atoms with van der Waals surface area (Å²) >= 11 is 1.36. The molecule has 4 nitrogen and oxygen atoms in total. The van der Waals surface area contributed by atoms with Gasteiger partial charge in [0.2, 0.25) is 0 Å². The fourth-order valence-corrected chi connectivity index (χ4v) is 6.55. The number of sulfonamides is 1. The van der Waals surface area contributed by atoms with Crippen molar-refractivity contribution in [3.05, 3.63) is 53.0 Å². The molecule has 1 saturated heterocycles. The molecule has 25 heavy (non-hydrogen) atoms. The monoisotopic (exact) mass is 374 g/mol. The number of aromatic amines is 1. The van der Waals surface area contributed by atoms with E-state index in [1.807, 2.05) is 19.1 Å². The Morgan fingerprint density at radius 2 is 1.92 bits per heavy atom. The Labute approximate surface area is 152 Å². The first-order valence-corrected chi connectivity index (χ1v) is 10.9. The molecule has 132 valence electrons. The highest BCUT2D eigenvalue weighted by molar-refractivity contribution is 7.91. The first kappa shape index (κ1) is 16.8. The molecule has 2 aromatic heterocycles. The van der Waals surface area contributed by atoms with E-state index >= 15 is 0 Å². The zero-order valence-electron chi connectivity index (χ0n) is 14.2. The zero-order valence-corrected chi connectivity index (χ0v) is 15.9. The normalized spacial score (nSPS) is 17.3. The first-order valence-electron chi connectivity index (χ1n) is 8.65. The Bertz CT molecular complexity index is 980. The molecule has 1 N–H and O–H groups in total. The SMILES string of the molecule is Cc1ccc(S(=O)(=O)N2CCC(Cc3c[nH]c4ccccc34)CC2)s1. The number of para-hydroxylation sites is 1. The Balaban J connectivity index is 1.43. The lowest BCUT2D eigenvalue weighted by Crippen LogP contribution is -2.38. The van der Waals surface area contributed by atoms with Gasteiger partial charge in [-0.3, -0.25) is 0 Å². The van der Waals surface area contributed by atoms with Gasteiger partial charge in [-0.1, -0.05) is 18.2 Å². The minimum atomic E-state index is -3.32. The van der Waals surface area contributed by atoms with Crippen molar-refractivity contribution in [2.45, 2.75) is 30.4 Å². The third-order valence-electron chi connectivity index (χ3n) is 5.07. The fourth-order valence-electron chi connectivity index (χ4n) is 3.64. The van der Waals surface area contributed by atoms with E-state index in [0.29, 0.717) is 23.2 Å². The fraction of sp³-hybridized carbons (Fsp3) is 0.368. The van der Waals surface area contributed by atoms with E-state index in [1.54, 1.807) is 10.4 Å². The summed E-state index contributed by atoms with van der Waals surface area (Å²) in [6.07, 6.45) is 4.95. The molecule has 0 spiro atoms. The zero-order chi connectivity index (χ0) is 17.4. The van der Waals surface area contributed by atoms with E-state index in [4.69, 9.17) is 0 Å². The molecule has 1 fully saturated rings. The van der Waals surface area contributed by atoms with Crippen LogP contribution in [0, 0.1) is 12.8 Å². The van der Waals surface area contributed by atoms with Crippen LogP contribution in [0.1, 0.15) is 23.3 Å². The average Bonchev–Trinajstić information content (AvgIpc) is 3.23. The van der Waals surface area contributed by atoms with Crippen molar-refractivity contribution in [2.75, 3.05) is 13.1 Å². The van der Waals surface area contributed by atoms with Crippen molar-refractivity contribution in [1.29, 1.82) is 0 Å². The number of aryl methyl sites for hydroxylation is 1. The molecule has 3 heterocycles. The van der Waals surface area contributed by atoms with Crippen molar-refractivity contribution < 1.29 is 8.42 Å². The van der Waals surface area contributed by atoms with Gasteiger partial charge in [-0.25, -0.2) is 8.42 Å². The second-order valence-corrected chi connectivity index (χ2v) is 10.2. The molecule has 3 aromatic rings. The number of hydrogen-bond acceptors (Lipinski definition) is 3. The number of aromatic nitrogens is 1. The van der Waals surface area contributed by atoms with E-state index in [1.165, 1.54) is 27.8 Å². The highest BCUT2D eigenvalue weighted by Crippen LogP contribution is 2.30. The van der Waals surface area contributed by atoms with E-state index in [9.17, 15) is 8.42 Å². The first-order chi connectivity index (χ1) is 12.0. The highest BCUT2D eigenvalue weighted by Gasteiger charge is 2.30. The average molecular weight is 375 g/mol. The smallest absolute Gasteiger partial charge is 0.252 e. The minimum absolute atomic E-state index is 0.472. The van der Waals surface area contributed by atoms with Crippen LogP contribution >= 0.6 is 11.3 Å². The second-order valence-electron chi connectivity index (χ2n) is 6.78. The molecule has 1 aromatic carbocycles. The number of piperidine rings is 1.